The smallest absolute Gasteiger partial charge is 0.146 e. The first-order valence-corrected chi connectivity index (χ1v) is 13.2. The van der Waals surface area contributed by atoms with Crippen LogP contribution >= 0.6 is 0 Å². The van der Waals surface area contributed by atoms with Crippen LogP contribution in [0.4, 0.5) is 11.6 Å². The maximum Gasteiger partial charge on any atom is 0.146 e. The monoisotopic (exact) mass is 474 g/mol. The van der Waals surface area contributed by atoms with E-state index in [1.807, 2.05) is 0 Å². The van der Waals surface area contributed by atoms with Gasteiger partial charge in [-0.05, 0) is 36.3 Å². The highest BCUT2D eigenvalue weighted by Gasteiger charge is 2.29. The Labute approximate surface area is 209 Å². The topological polar surface area (TPSA) is 67.7 Å². The molecule has 7 heteroatoms. The fourth-order valence-corrected chi connectivity index (χ4v) is 5.54. The number of benzene rings is 1. The largest absolute Gasteiger partial charge is 0.379 e. The Balaban J connectivity index is 1.40. The summed E-state index contributed by atoms with van der Waals surface area (Å²) in [5.74, 6) is 2.63. The number of fused-ring (bicyclic) bond motifs is 1. The first kappa shape index (κ1) is 24.1. The van der Waals surface area contributed by atoms with E-state index in [2.05, 4.69) is 63.3 Å². The van der Waals surface area contributed by atoms with Crippen LogP contribution in [0, 0.1) is 17.2 Å². The Morgan fingerprint density at radius 2 is 1.80 bits per heavy atom. The summed E-state index contributed by atoms with van der Waals surface area (Å²) in [5, 5.41) is 13.7. The third kappa shape index (κ3) is 5.78. The van der Waals surface area contributed by atoms with Gasteiger partial charge >= 0.3 is 0 Å². The maximum absolute atomic E-state index is 10.2. The predicted octanol–water partition coefficient (Wildman–Crippen LogP) is 3.49. The van der Waals surface area contributed by atoms with Crippen molar-refractivity contribution in [1.82, 2.24) is 14.8 Å². The first-order valence-electron chi connectivity index (χ1n) is 13.2. The summed E-state index contributed by atoms with van der Waals surface area (Å²) in [6.45, 7) is 12.4. The van der Waals surface area contributed by atoms with Crippen molar-refractivity contribution in [1.29, 1.82) is 5.26 Å². The molecule has 2 fully saturated rings. The highest BCUT2D eigenvalue weighted by molar-refractivity contribution is 5.67. The zero-order valence-electron chi connectivity index (χ0n) is 21.0. The van der Waals surface area contributed by atoms with Gasteiger partial charge in [0.15, 0.2) is 0 Å². The number of nitrogens with one attached hydrogen (secondary N) is 1. The van der Waals surface area contributed by atoms with Crippen molar-refractivity contribution in [3.63, 3.8) is 0 Å². The van der Waals surface area contributed by atoms with E-state index in [-0.39, 0.29) is 0 Å². The van der Waals surface area contributed by atoms with E-state index in [1.54, 1.807) is 0 Å². The van der Waals surface area contributed by atoms with Crippen LogP contribution in [0.15, 0.2) is 30.3 Å². The second-order valence-electron chi connectivity index (χ2n) is 10.2. The van der Waals surface area contributed by atoms with Crippen molar-refractivity contribution in [3.8, 4) is 6.07 Å². The van der Waals surface area contributed by atoms with Crippen molar-refractivity contribution in [2.75, 3.05) is 69.2 Å². The number of piperidine rings is 1. The molecule has 7 nitrogen and oxygen atoms in total. The molecule has 0 aliphatic carbocycles. The summed E-state index contributed by atoms with van der Waals surface area (Å²) < 4.78 is 5.47. The molecule has 2 saturated heterocycles. The summed E-state index contributed by atoms with van der Waals surface area (Å²) in [7, 11) is 0. The van der Waals surface area contributed by atoms with Gasteiger partial charge < -0.3 is 15.0 Å². The average molecular weight is 475 g/mol. The van der Waals surface area contributed by atoms with E-state index in [4.69, 9.17) is 9.72 Å². The number of hydrogen-bond donors (Lipinski definition) is 1. The van der Waals surface area contributed by atoms with E-state index in [1.165, 1.54) is 29.5 Å². The van der Waals surface area contributed by atoms with Gasteiger partial charge in [-0.1, -0.05) is 37.3 Å². The first-order chi connectivity index (χ1) is 17.2. The van der Waals surface area contributed by atoms with Crippen molar-refractivity contribution in [2.45, 2.75) is 39.3 Å². The normalized spacial score (nSPS) is 19.8. The minimum absolute atomic E-state index is 0.746. The van der Waals surface area contributed by atoms with Gasteiger partial charge in [0.1, 0.15) is 17.7 Å². The lowest BCUT2D eigenvalue weighted by atomic mass is 9.93. The van der Waals surface area contributed by atoms with E-state index in [9.17, 15) is 5.26 Å². The van der Waals surface area contributed by atoms with Gasteiger partial charge in [-0.2, -0.15) is 5.26 Å². The van der Waals surface area contributed by atoms with Crippen LogP contribution in [-0.2, 0) is 24.2 Å². The molecule has 2 aromatic rings. The van der Waals surface area contributed by atoms with Gasteiger partial charge in [0.2, 0.25) is 0 Å². The minimum Gasteiger partial charge on any atom is -0.379 e. The Morgan fingerprint density at radius 1 is 1.03 bits per heavy atom. The zero-order valence-corrected chi connectivity index (χ0v) is 21.0. The van der Waals surface area contributed by atoms with E-state index >= 15 is 0 Å². The molecule has 0 atom stereocenters. The van der Waals surface area contributed by atoms with Crippen molar-refractivity contribution in [3.05, 3.63) is 52.6 Å². The molecule has 0 spiro atoms. The fraction of sp³-hybridized carbons (Fsp3) is 0.571. The quantitative estimate of drug-likeness (QED) is 0.659. The Hall–Kier alpha value is -2.66. The number of anilines is 2. The molecule has 35 heavy (non-hydrogen) atoms. The molecule has 3 aliphatic heterocycles. The molecule has 3 aliphatic rings. The fourth-order valence-electron chi connectivity index (χ4n) is 5.54. The standard InChI is InChI=1S/C28H38N6O/c1-22-7-12-34(13-8-22)28-26-21-33(20-23-5-3-2-4-6-23)11-9-24(26)25(19-29)27(31-28)30-10-14-32-15-17-35-18-16-32/h2-6,22H,7-18,20-21H2,1H3,(H,30,31). The molecule has 0 saturated carbocycles. The Morgan fingerprint density at radius 3 is 2.54 bits per heavy atom. The number of rotatable bonds is 7. The van der Waals surface area contributed by atoms with Crippen molar-refractivity contribution in [2.24, 2.45) is 5.92 Å². The maximum atomic E-state index is 10.2. The number of pyridine rings is 1. The number of ether oxygens (including phenoxy) is 1. The average Bonchev–Trinajstić information content (AvgIpc) is 2.90. The Bertz CT molecular complexity index is 1020. The molecule has 0 unspecified atom stereocenters. The van der Waals surface area contributed by atoms with Gasteiger partial charge in [-0.3, -0.25) is 9.80 Å². The number of nitriles is 1. The molecule has 186 valence electrons. The van der Waals surface area contributed by atoms with Crippen molar-refractivity contribution >= 4 is 11.6 Å². The summed E-state index contributed by atoms with van der Waals surface area (Å²) in [6.07, 6.45) is 3.29. The van der Waals surface area contributed by atoms with Gasteiger partial charge in [-0.15, -0.1) is 0 Å². The van der Waals surface area contributed by atoms with Gasteiger partial charge in [0.05, 0.1) is 18.8 Å². The number of hydrogen-bond acceptors (Lipinski definition) is 7. The molecular formula is C28H38N6O. The summed E-state index contributed by atoms with van der Waals surface area (Å²) in [4.78, 5) is 12.5. The van der Waals surface area contributed by atoms with Crippen LogP contribution in [0.3, 0.4) is 0 Å². The molecular weight excluding hydrogens is 436 g/mol. The SMILES string of the molecule is CC1CCN(c2nc(NCCN3CCOCC3)c(C#N)c3c2CN(Cc2ccccc2)CC3)CC1. The predicted molar refractivity (Wildman–Crippen MR) is 140 cm³/mol. The second-order valence-corrected chi connectivity index (χ2v) is 10.2. The second kappa shape index (κ2) is 11.4. The Kier molecular flexibility index (Phi) is 7.82. The van der Waals surface area contributed by atoms with Crippen molar-refractivity contribution < 1.29 is 4.74 Å². The lowest BCUT2D eigenvalue weighted by molar-refractivity contribution is 0.0398. The molecule has 4 heterocycles. The third-order valence-electron chi connectivity index (χ3n) is 7.72. The molecule has 1 N–H and O–H groups in total. The van der Waals surface area contributed by atoms with Gasteiger partial charge in [0, 0.05) is 64.5 Å². The lowest BCUT2D eigenvalue weighted by Gasteiger charge is -2.37. The van der Waals surface area contributed by atoms with Crippen LogP contribution in [-0.4, -0.2) is 73.8 Å². The van der Waals surface area contributed by atoms with Crippen LogP contribution in [0.25, 0.3) is 0 Å². The number of aromatic nitrogens is 1. The van der Waals surface area contributed by atoms with Crippen LogP contribution in [0.5, 0.6) is 0 Å². The van der Waals surface area contributed by atoms with E-state index in [0.29, 0.717) is 0 Å². The van der Waals surface area contributed by atoms with E-state index in [0.717, 1.165) is 102 Å². The number of morpholine rings is 1. The highest BCUT2D eigenvalue weighted by atomic mass is 16.5. The van der Waals surface area contributed by atoms with Crippen LogP contribution in [0.2, 0.25) is 0 Å². The lowest BCUT2D eigenvalue weighted by Crippen LogP contribution is -2.39. The van der Waals surface area contributed by atoms with E-state index < -0.39 is 0 Å². The zero-order chi connectivity index (χ0) is 24.0. The summed E-state index contributed by atoms with van der Waals surface area (Å²) >= 11 is 0. The van der Waals surface area contributed by atoms with Gasteiger partial charge in [0.25, 0.3) is 0 Å². The highest BCUT2D eigenvalue weighted by Crippen LogP contribution is 2.35. The van der Waals surface area contributed by atoms with Crippen LogP contribution in [0.1, 0.15) is 42.0 Å². The molecule has 0 radical (unpaired) electrons. The molecule has 5 rings (SSSR count). The summed E-state index contributed by atoms with van der Waals surface area (Å²) in [5.41, 5.74) is 4.54. The number of nitrogens with zero attached hydrogens (tertiary/aromatic N) is 5. The molecule has 0 bridgehead atoms. The summed E-state index contributed by atoms with van der Waals surface area (Å²) in [6, 6.07) is 13.2. The minimum atomic E-state index is 0.746. The molecule has 1 aromatic carbocycles. The molecule has 1 aromatic heterocycles. The van der Waals surface area contributed by atoms with Gasteiger partial charge in [-0.25, -0.2) is 4.98 Å². The third-order valence-corrected chi connectivity index (χ3v) is 7.72. The molecule has 0 amide bonds. The van der Waals surface area contributed by atoms with Crippen LogP contribution < -0.4 is 10.2 Å².